The maximum atomic E-state index is 10.3. The van der Waals surface area contributed by atoms with Gasteiger partial charge in [0.05, 0.1) is 28.9 Å². The maximum Gasteiger partial charge on any atom is 0.137 e. The number of aliphatic hydroxyl groups excluding tert-OH is 1. The van der Waals surface area contributed by atoms with E-state index in [1.807, 2.05) is 6.07 Å². The van der Waals surface area contributed by atoms with Crippen LogP contribution in [0.5, 0.6) is 5.75 Å². The van der Waals surface area contributed by atoms with E-state index in [4.69, 9.17) is 16.3 Å². The molecule has 2 aromatic rings. The van der Waals surface area contributed by atoms with Gasteiger partial charge in [0, 0.05) is 17.2 Å². The van der Waals surface area contributed by atoms with Crippen LogP contribution in [0.3, 0.4) is 0 Å². The Morgan fingerprint density at radius 1 is 1.38 bits per heavy atom. The van der Waals surface area contributed by atoms with Gasteiger partial charge in [0.25, 0.3) is 0 Å². The maximum absolute atomic E-state index is 10.3. The summed E-state index contributed by atoms with van der Waals surface area (Å²) in [6.45, 7) is 6.39. The average molecular weight is 326 g/mol. The molecular formula is C16H20ClNO2S. The van der Waals surface area contributed by atoms with Crippen LogP contribution in [0.2, 0.25) is 5.02 Å². The minimum atomic E-state index is -0.618. The van der Waals surface area contributed by atoms with Gasteiger partial charge in [-0.3, -0.25) is 0 Å². The number of benzene rings is 1. The fourth-order valence-electron chi connectivity index (χ4n) is 1.92. The van der Waals surface area contributed by atoms with E-state index >= 15 is 0 Å². The van der Waals surface area contributed by atoms with Crippen molar-refractivity contribution >= 4 is 22.9 Å². The molecule has 0 aliphatic carbocycles. The monoisotopic (exact) mass is 325 g/mol. The Morgan fingerprint density at radius 3 is 2.62 bits per heavy atom. The number of methoxy groups -OCH3 is 1. The van der Waals surface area contributed by atoms with Gasteiger partial charge in [-0.15, -0.1) is 11.3 Å². The lowest BCUT2D eigenvalue weighted by atomic mass is 9.93. The molecule has 0 fully saturated rings. The molecule has 0 spiro atoms. The first kappa shape index (κ1) is 16.3. The molecule has 1 N–H and O–H groups in total. The molecule has 1 atom stereocenters. The summed E-state index contributed by atoms with van der Waals surface area (Å²) in [7, 11) is 1.57. The zero-order chi connectivity index (χ0) is 15.6. The number of ether oxygens (including phenoxy) is 1. The highest BCUT2D eigenvalue weighted by molar-refractivity contribution is 7.09. The number of thiazole rings is 1. The molecule has 0 amide bonds. The Morgan fingerprint density at radius 2 is 2.10 bits per heavy atom. The molecule has 3 nitrogen and oxygen atoms in total. The highest BCUT2D eigenvalue weighted by Crippen LogP contribution is 2.30. The van der Waals surface area contributed by atoms with Crippen molar-refractivity contribution in [2.24, 2.45) is 0 Å². The Labute approximate surface area is 134 Å². The van der Waals surface area contributed by atoms with Crippen LogP contribution in [0.25, 0.3) is 0 Å². The van der Waals surface area contributed by atoms with E-state index in [9.17, 15) is 5.11 Å². The van der Waals surface area contributed by atoms with Crippen molar-refractivity contribution in [3.63, 3.8) is 0 Å². The molecule has 1 aromatic heterocycles. The molecule has 0 saturated carbocycles. The number of nitrogens with zero attached hydrogens (tertiary/aromatic N) is 1. The van der Waals surface area contributed by atoms with E-state index in [0.29, 0.717) is 17.2 Å². The van der Waals surface area contributed by atoms with E-state index in [1.54, 1.807) is 30.6 Å². The summed E-state index contributed by atoms with van der Waals surface area (Å²) in [6, 6.07) is 5.33. The molecule has 1 aromatic carbocycles. The highest BCUT2D eigenvalue weighted by Gasteiger charge is 2.19. The zero-order valence-corrected chi connectivity index (χ0v) is 14.3. The minimum Gasteiger partial charge on any atom is -0.495 e. The third kappa shape index (κ3) is 3.96. The molecule has 114 valence electrons. The van der Waals surface area contributed by atoms with Gasteiger partial charge in [-0.05, 0) is 17.7 Å². The first-order chi connectivity index (χ1) is 9.81. The molecule has 2 rings (SSSR count). The van der Waals surface area contributed by atoms with Gasteiger partial charge in [-0.1, -0.05) is 38.4 Å². The molecule has 0 aliphatic heterocycles. The topological polar surface area (TPSA) is 42.4 Å². The molecule has 0 saturated heterocycles. The summed E-state index contributed by atoms with van der Waals surface area (Å²) in [5.41, 5.74) is 1.86. The van der Waals surface area contributed by atoms with E-state index < -0.39 is 6.10 Å². The first-order valence-corrected chi connectivity index (χ1v) is 8.03. The number of hydrogen-bond donors (Lipinski definition) is 1. The Kier molecular flexibility index (Phi) is 4.91. The summed E-state index contributed by atoms with van der Waals surface area (Å²) in [6.07, 6.45) is -0.129. The van der Waals surface area contributed by atoms with Crippen molar-refractivity contribution in [2.75, 3.05) is 7.11 Å². The van der Waals surface area contributed by atoms with Crippen LogP contribution < -0.4 is 4.74 Å². The molecule has 1 heterocycles. The summed E-state index contributed by atoms with van der Waals surface area (Å²) in [4.78, 5) is 4.60. The molecular weight excluding hydrogens is 306 g/mol. The fraction of sp³-hybridized carbons (Fsp3) is 0.438. The Balaban J connectivity index is 2.12. The van der Waals surface area contributed by atoms with Gasteiger partial charge in [0.2, 0.25) is 0 Å². The fourth-order valence-corrected chi connectivity index (χ4v) is 3.25. The van der Waals surface area contributed by atoms with Crippen LogP contribution in [0, 0.1) is 0 Å². The molecule has 21 heavy (non-hydrogen) atoms. The predicted octanol–water partition coefficient (Wildman–Crippen LogP) is 4.38. The zero-order valence-electron chi connectivity index (χ0n) is 12.7. The van der Waals surface area contributed by atoms with Gasteiger partial charge < -0.3 is 9.84 Å². The Bertz CT molecular complexity index is 619. The summed E-state index contributed by atoms with van der Waals surface area (Å²) in [5.74, 6) is 0.608. The van der Waals surface area contributed by atoms with Crippen molar-refractivity contribution in [1.82, 2.24) is 4.98 Å². The van der Waals surface area contributed by atoms with Gasteiger partial charge in [-0.2, -0.15) is 0 Å². The lowest BCUT2D eigenvalue weighted by Gasteiger charge is -2.14. The molecule has 5 heteroatoms. The second-order valence-corrected chi connectivity index (χ2v) is 7.34. The number of rotatable bonds is 4. The number of hydrogen-bond acceptors (Lipinski definition) is 4. The Hall–Kier alpha value is -1.10. The quantitative estimate of drug-likeness (QED) is 0.907. The van der Waals surface area contributed by atoms with Crippen molar-refractivity contribution in [2.45, 2.75) is 38.7 Å². The predicted molar refractivity (Wildman–Crippen MR) is 87.5 cm³/mol. The molecule has 0 bridgehead atoms. The van der Waals surface area contributed by atoms with Crippen LogP contribution >= 0.6 is 22.9 Å². The number of aromatic nitrogens is 1. The van der Waals surface area contributed by atoms with E-state index in [-0.39, 0.29) is 5.41 Å². The molecule has 0 aliphatic rings. The lowest BCUT2D eigenvalue weighted by molar-refractivity contribution is 0.178. The smallest absolute Gasteiger partial charge is 0.137 e. The van der Waals surface area contributed by atoms with Gasteiger partial charge in [0.1, 0.15) is 5.75 Å². The first-order valence-electron chi connectivity index (χ1n) is 6.77. The number of aliphatic hydroxyl groups is 1. The molecule has 0 radical (unpaired) electrons. The normalized spacial score (nSPS) is 13.2. The van der Waals surface area contributed by atoms with Gasteiger partial charge in [0.15, 0.2) is 0 Å². The van der Waals surface area contributed by atoms with Crippen molar-refractivity contribution in [3.8, 4) is 5.75 Å². The van der Waals surface area contributed by atoms with Crippen molar-refractivity contribution in [1.29, 1.82) is 0 Å². The summed E-state index contributed by atoms with van der Waals surface area (Å²) in [5, 5.41) is 13.8. The van der Waals surface area contributed by atoms with Crippen LogP contribution in [0.4, 0.5) is 0 Å². The van der Waals surface area contributed by atoms with Crippen LogP contribution in [-0.2, 0) is 11.8 Å². The highest BCUT2D eigenvalue weighted by atomic mass is 35.5. The second kappa shape index (κ2) is 6.34. The van der Waals surface area contributed by atoms with Crippen molar-refractivity contribution in [3.05, 3.63) is 44.9 Å². The largest absolute Gasteiger partial charge is 0.495 e. The third-order valence-corrected chi connectivity index (χ3v) is 4.42. The lowest BCUT2D eigenvalue weighted by Crippen LogP contribution is -2.12. The SMILES string of the molecule is COc1ccc(C(O)Cc2nc(C(C)(C)C)cs2)cc1Cl. The van der Waals surface area contributed by atoms with Gasteiger partial charge in [-0.25, -0.2) is 4.98 Å². The van der Waals surface area contributed by atoms with Crippen LogP contribution in [-0.4, -0.2) is 17.2 Å². The van der Waals surface area contributed by atoms with E-state index in [2.05, 4.69) is 31.1 Å². The van der Waals surface area contributed by atoms with Crippen LogP contribution in [0.1, 0.15) is 43.1 Å². The van der Waals surface area contributed by atoms with Crippen molar-refractivity contribution < 1.29 is 9.84 Å². The summed E-state index contributed by atoms with van der Waals surface area (Å²) >= 11 is 7.67. The third-order valence-electron chi connectivity index (χ3n) is 3.25. The average Bonchev–Trinajstić information content (AvgIpc) is 2.87. The summed E-state index contributed by atoms with van der Waals surface area (Å²) < 4.78 is 5.11. The van der Waals surface area contributed by atoms with E-state index in [0.717, 1.165) is 16.3 Å². The number of halogens is 1. The second-order valence-electron chi connectivity index (χ2n) is 5.99. The standard InChI is InChI=1S/C16H20ClNO2S/c1-16(2,3)14-9-21-15(18-14)8-12(19)10-5-6-13(20-4)11(17)7-10/h5-7,9,12,19H,8H2,1-4H3. The minimum absolute atomic E-state index is 0.0309. The van der Waals surface area contributed by atoms with Gasteiger partial charge >= 0.3 is 0 Å². The van der Waals surface area contributed by atoms with E-state index in [1.165, 1.54) is 0 Å². The molecule has 1 unspecified atom stereocenters. The van der Waals surface area contributed by atoms with Crippen LogP contribution in [0.15, 0.2) is 23.6 Å².